The molecule has 1 saturated carbocycles. The van der Waals surface area contributed by atoms with E-state index < -0.39 is 5.54 Å². The molecule has 5 nitrogen and oxygen atoms in total. The van der Waals surface area contributed by atoms with Gasteiger partial charge in [0.2, 0.25) is 0 Å². The van der Waals surface area contributed by atoms with Gasteiger partial charge in [0.1, 0.15) is 11.6 Å². The monoisotopic (exact) mass is 285 g/mol. The highest BCUT2D eigenvalue weighted by Crippen LogP contribution is 2.33. The lowest BCUT2D eigenvalue weighted by Crippen LogP contribution is -2.59. The van der Waals surface area contributed by atoms with Crippen molar-refractivity contribution < 1.29 is 19.0 Å². The van der Waals surface area contributed by atoms with Crippen LogP contribution in [-0.2, 0) is 19.0 Å². The molecular formula is C15H27NO4. The summed E-state index contributed by atoms with van der Waals surface area (Å²) in [6.45, 7) is 7.75. The quantitative estimate of drug-likeness (QED) is 0.752. The van der Waals surface area contributed by atoms with Crippen LogP contribution in [0.25, 0.3) is 0 Å². The second-order valence-electron chi connectivity index (χ2n) is 6.12. The van der Waals surface area contributed by atoms with Crippen molar-refractivity contribution in [2.24, 2.45) is 0 Å². The zero-order chi connectivity index (χ0) is 14.6. The standard InChI is InChI=1S/C15H27NO4/c1-4-19-14(17)15(16-11(2)3)7-5-6-12(8-15)20-13-9-18-10-13/h11-13,16H,4-10H2,1-3H3. The summed E-state index contributed by atoms with van der Waals surface area (Å²) in [5.41, 5.74) is -0.586. The molecule has 0 aromatic heterocycles. The summed E-state index contributed by atoms with van der Waals surface area (Å²) in [5.74, 6) is -0.133. The highest BCUT2D eigenvalue weighted by molar-refractivity contribution is 5.81. The fourth-order valence-electron chi connectivity index (χ4n) is 3.10. The predicted octanol–water partition coefficient (Wildman–Crippen LogP) is 1.64. The minimum atomic E-state index is -0.586. The van der Waals surface area contributed by atoms with Crippen molar-refractivity contribution in [3.05, 3.63) is 0 Å². The number of carbonyl (C=O) groups excluding carboxylic acids is 1. The molecule has 1 heterocycles. The van der Waals surface area contributed by atoms with Gasteiger partial charge in [-0.15, -0.1) is 0 Å². The summed E-state index contributed by atoms with van der Waals surface area (Å²) < 4.78 is 16.5. The van der Waals surface area contributed by atoms with Gasteiger partial charge in [0, 0.05) is 12.5 Å². The van der Waals surface area contributed by atoms with Gasteiger partial charge in [0.05, 0.1) is 25.9 Å². The van der Waals surface area contributed by atoms with E-state index in [4.69, 9.17) is 14.2 Å². The van der Waals surface area contributed by atoms with Gasteiger partial charge in [-0.3, -0.25) is 10.1 Å². The molecule has 2 aliphatic rings. The Labute approximate surface area is 121 Å². The van der Waals surface area contributed by atoms with Gasteiger partial charge >= 0.3 is 5.97 Å². The van der Waals surface area contributed by atoms with Crippen molar-refractivity contribution in [2.45, 2.75) is 70.2 Å². The Morgan fingerprint density at radius 2 is 2.15 bits per heavy atom. The van der Waals surface area contributed by atoms with Crippen molar-refractivity contribution in [2.75, 3.05) is 19.8 Å². The van der Waals surface area contributed by atoms with Gasteiger partial charge in [-0.1, -0.05) is 0 Å². The Kier molecular flexibility index (Phi) is 5.41. The summed E-state index contributed by atoms with van der Waals surface area (Å²) in [7, 11) is 0. The first-order valence-electron chi connectivity index (χ1n) is 7.74. The molecule has 1 aliphatic carbocycles. The first-order valence-corrected chi connectivity index (χ1v) is 7.74. The molecule has 1 N–H and O–H groups in total. The molecule has 2 atom stereocenters. The van der Waals surface area contributed by atoms with Crippen molar-refractivity contribution >= 4 is 5.97 Å². The maximum atomic E-state index is 12.4. The van der Waals surface area contributed by atoms with Crippen molar-refractivity contribution in [3.8, 4) is 0 Å². The number of esters is 1. The molecule has 0 aromatic rings. The third-order valence-corrected chi connectivity index (χ3v) is 3.93. The van der Waals surface area contributed by atoms with E-state index in [1.54, 1.807) is 0 Å². The molecule has 1 aliphatic heterocycles. The van der Waals surface area contributed by atoms with Gasteiger partial charge in [-0.25, -0.2) is 0 Å². The molecule has 0 spiro atoms. The molecule has 5 heteroatoms. The number of rotatable bonds is 6. The zero-order valence-electron chi connectivity index (χ0n) is 12.8. The lowest BCUT2D eigenvalue weighted by atomic mass is 9.79. The van der Waals surface area contributed by atoms with E-state index in [-0.39, 0.29) is 24.2 Å². The Bertz CT molecular complexity index is 330. The highest BCUT2D eigenvalue weighted by Gasteiger charge is 2.45. The Morgan fingerprint density at radius 1 is 1.40 bits per heavy atom. The van der Waals surface area contributed by atoms with Crippen LogP contribution >= 0.6 is 0 Å². The van der Waals surface area contributed by atoms with Crippen molar-refractivity contribution in [1.29, 1.82) is 0 Å². The van der Waals surface area contributed by atoms with Crippen molar-refractivity contribution in [1.82, 2.24) is 5.32 Å². The number of hydrogen-bond acceptors (Lipinski definition) is 5. The largest absolute Gasteiger partial charge is 0.465 e. The number of nitrogens with one attached hydrogen (secondary N) is 1. The van der Waals surface area contributed by atoms with Crippen LogP contribution in [0.3, 0.4) is 0 Å². The van der Waals surface area contributed by atoms with E-state index in [2.05, 4.69) is 19.2 Å². The molecule has 2 rings (SSSR count). The molecule has 0 amide bonds. The van der Waals surface area contributed by atoms with Crippen molar-refractivity contribution in [3.63, 3.8) is 0 Å². The lowest BCUT2D eigenvalue weighted by Gasteiger charge is -2.42. The minimum Gasteiger partial charge on any atom is -0.465 e. The second kappa shape index (κ2) is 6.87. The topological polar surface area (TPSA) is 56.8 Å². The molecule has 20 heavy (non-hydrogen) atoms. The third kappa shape index (κ3) is 3.71. The summed E-state index contributed by atoms with van der Waals surface area (Å²) >= 11 is 0. The van der Waals surface area contributed by atoms with Crippen LogP contribution in [0, 0.1) is 0 Å². The third-order valence-electron chi connectivity index (χ3n) is 3.93. The van der Waals surface area contributed by atoms with Crippen LogP contribution in [0.2, 0.25) is 0 Å². The van der Waals surface area contributed by atoms with Crippen LogP contribution in [-0.4, -0.2) is 49.6 Å². The van der Waals surface area contributed by atoms with Gasteiger partial charge in [-0.05, 0) is 40.0 Å². The van der Waals surface area contributed by atoms with Crippen LogP contribution in [0.5, 0.6) is 0 Å². The molecule has 2 fully saturated rings. The Hall–Kier alpha value is -0.650. The van der Waals surface area contributed by atoms with Crippen LogP contribution < -0.4 is 5.32 Å². The van der Waals surface area contributed by atoms with Gasteiger partial charge in [0.25, 0.3) is 0 Å². The van der Waals surface area contributed by atoms with E-state index in [1.807, 2.05) is 6.92 Å². The highest BCUT2D eigenvalue weighted by atomic mass is 16.6. The van der Waals surface area contributed by atoms with Crippen LogP contribution in [0.1, 0.15) is 46.5 Å². The van der Waals surface area contributed by atoms with E-state index in [0.717, 1.165) is 19.3 Å². The van der Waals surface area contributed by atoms with Gasteiger partial charge in [-0.2, -0.15) is 0 Å². The minimum absolute atomic E-state index is 0.119. The molecule has 1 saturated heterocycles. The average molecular weight is 285 g/mol. The molecule has 0 radical (unpaired) electrons. The molecular weight excluding hydrogens is 258 g/mol. The number of ether oxygens (including phenoxy) is 3. The maximum Gasteiger partial charge on any atom is 0.326 e. The first kappa shape index (κ1) is 15.7. The fraction of sp³-hybridized carbons (Fsp3) is 0.933. The molecule has 2 unspecified atom stereocenters. The first-order chi connectivity index (χ1) is 9.55. The Balaban J connectivity index is 2.02. The molecule has 0 bridgehead atoms. The second-order valence-corrected chi connectivity index (χ2v) is 6.12. The van der Waals surface area contributed by atoms with Crippen LogP contribution in [0.15, 0.2) is 0 Å². The predicted molar refractivity (Wildman–Crippen MR) is 75.6 cm³/mol. The van der Waals surface area contributed by atoms with E-state index in [0.29, 0.717) is 26.2 Å². The molecule has 116 valence electrons. The number of carbonyl (C=O) groups is 1. The molecule has 0 aromatic carbocycles. The average Bonchev–Trinajstić information content (AvgIpc) is 2.34. The Morgan fingerprint density at radius 3 is 2.70 bits per heavy atom. The zero-order valence-corrected chi connectivity index (χ0v) is 12.8. The summed E-state index contributed by atoms with van der Waals surface area (Å²) in [6, 6.07) is 0.241. The lowest BCUT2D eigenvalue weighted by molar-refractivity contribution is -0.174. The smallest absolute Gasteiger partial charge is 0.326 e. The number of hydrogen-bond donors (Lipinski definition) is 1. The van der Waals surface area contributed by atoms with E-state index in [9.17, 15) is 4.79 Å². The maximum absolute atomic E-state index is 12.4. The van der Waals surface area contributed by atoms with Crippen LogP contribution in [0.4, 0.5) is 0 Å². The van der Waals surface area contributed by atoms with E-state index >= 15 is 0 Å². The normalized spacial score (nSPS) is 31.1. The summed E-state index contributed by atoms with van der Waals surface area (Å²) in [5, 5.41) is 3.43. The fourth-order valence-corrected chi connectivity index (χ4v) is 3.10. The summed E-state index contributed by atoms with van der Waals surface area (Å²) in [4.78, 5) is 12.4. The van der Waals surface area contributed by atoms with E-state index in [1.165, 1.54) is 0 Å². The summed E-state index contributed by atoms with van der Waals surface area (Å²) in [6.07, 6.45) is 3.84. The van der Waals surface area contributed by atoms with Gasteiger partial charge < -0.3 is 14.2 Å². The SMILES string of the molecule is CCOC(=O)C1(NC(C)C)CCCC(OC2COC2)C1. The van der Waals surface area contributed by atoms with Gasteiger partial charge in [0.15, 0.2) is 0 Å².